The Labute approximate surface area is 252 Å². The number of hydrogen-bond acceptors (Lipinski definition) is 5. The zero-order valence-electron chi connectivity index (χ0n) is 23.6. The zero-order chi connectivity index (χ0) is 31.2. The summed E-state index contributed by atoms with van der Waals surface area (Å²) in [6, 6.07) is 27.2. The predicted molar refractivity (Wildman–Crippen MR) is 168 cm³/mol. The Morgan fingerprint density at radius 3 is 2.02 bits per heavy atom. The molecule has 0 saturated carbocycles. The van der Waals surface area contributed by atoms with Crippen molar-refractivity contribution >= 4 is 52.2 Å². The van der Waals surface area contributed by atoms with E-state index in [9.17, 15) is 19.4 Å². The van der Waals surface area contributed by atoms with Crippen molar-refractivity contribution in [3.05, 3.63) is 131 Å². The van der Waals surface area contributed by atoms with E-state index in [2.05, 4.69) is 15.3 Å². The van der Waals surface area contributed by atoms with E-state index < -0.39 is 19.1 Å². The van der Waals surface area contributed by atoms with Gasteiger partial charge in [-0.1, -0.05) is 36.4 Å². The first kappa shape index (κ1) is 29.7. The Bertz CT molecular complexity index is 1950. The average molecular weight is 589 g/mol. The number of benzene rings is 4. The summed E-state index contributed by atoms with van der Waals surface area (Å²) in [6.45, 7) is 2.17. The fraction of sp³-hybridized carbons (Fsp3) is 0.0606. The first-order valence-electron chi connectivity index (χ1n) is 13.6. The molecule has 0 spiro atoms. The summed E-state index contributed by atoms with van der Waals surface area (Å²) in [7, 11) is -0.985. The molecule has 11 heteroatoms. The van der Waals surface area contributed by atoms with Gasteiger partial charge in [0.15, 0.2) is 0 Å². The number of aromatic amines is 2. The molecule has 1 aliphatic rings. The number of aromatic nitrogens is 2. The maximum absolute atomic E-state index is 11.0. The largest absolute Gasteiger partial charge is 0.560 e. The van der Waals surface area contributed by atoms with Crippen LogP contribution < -0.4 is 15.4 Å². The van der Waals surface area contributed by atoms with Crippen LogP contribution in [0.2, 0.25) is 0 Å². The SMILES string of the molecule is Cc1c(C(=O)O)cccc1C(=O)O.O=C1NCc2ccccc21.OB(Oc1ccc2[nH]ccc2c1)c1ccc2[nH]ccc2c1. The molecule has 0 atom stereocenters. The van der Waals surface area contributed by atoms with E-state index in [4.69, 9.17) is 14.9 Å². The number of carboxylic acids is 2. The molecule has 0 bridgehead atoms. The molecule has 7 rings (SSSR count). The first-order valence-corrected chi connectivity index (χ1v) is 13.6. The van der Waals surface area contributed by atoms with Crippen molar-refractivity contribution in [3.8, 4) is 5.75 Å². The van der Waals surface area contributed by atoms with Gasteiger partial charge in [-0.2, -0.15) is 0 Å². The highest BCUT2D eigenvalue weighted by molar-refractivity contribution is 6.61. The fourth-order valence-electron chi connectivity index (χ4n) is 4.79. The second kappa shape index (κ2) is 13.0. The second-order valence-electron chi connectivity index (χ2n) is 9.95. The van der Waals surface area contributed by atoms with Crippen molar-refractivity contribution in [1.29, 1.82) is 0 Å². The van der Waals surface area contributed by atoms with Gasteiger partial charge in [0.25, 0.3) is 5.91 Å². The zero-order valence-corrected chi connectivity index (χ0v) is 23.6. The van der Waals surface area contributed by atoms with E-state index in [1.165, 1.54) is 25.1 Å². The predicted octanol–water partition coefficient (Wildman–Crippen LogP) is 4.74. The quantitative estimate of drug-likeness (QED) is 0.158. The Morgan fingerprint density at radius 1 is 0.773 bits per heavy atom. The number of hydrogen-bond donors (Lipinski definition) is 6. The van der Waals surface area contributed by atoms with Gasteiger partial charge < -0.3 is 35.2 Å². The first-order chi connectivity index (χ1) is 21.2. The molecule has 0 radical (unpaired) electrons. The van der Waals surface area contributed by atoms with Crippen LogP contribution in [-0.2, 0) is 6.54 Å². The number of H-pyrrole nitrogens is 2. The average Bonchev–Trinajstić information content (AvgIpc) is 3.77. The second-order valence-corrected chi connectivity index (χ2v) is 9.95. The maximum Gasteiger partial charge on any atom is 0.560 e. The molecular weight excluding hydrogens is 561 g/mol. The summed E-state index contributed by atoms with van der Waals surface area (Å²) in [6.07, 6.45) is 3.76. The van der Waals surface area contributed by atoms with Crippen molar-refractivity contribution in [1.82, 2.24) is 15.3 Å². The Balaban J connectivity index is 0.000000143. The molecule has 4 aromatic carbocycles. The molecular formula is C33H28BN3O7. The molecule has 1 aliphatic heterocycles. The fourth-order valence-corrected chi connectivity index (χ4v) is 4.79. The van der Waals surface area contributed by atoms with Crippen LogP contribution in [0.5, 0.6) is 5.75 Å². The monoisotopic (exact) mass is 589 g/mol. The molecule has 3 heterocycles. The summed E-state index contributed by atoms with van der Waals surface area (Å²) in [5.74, 6) is -1.53. The lowest BCUT2D eigenvalue weighted by atomic mass is 9.79. The molecule has 0 saturated heterocycles. The molecule has 220 valence electrons. The van der Waals surface area contributed by atoms with Gasteiger partial charge >= 0.3 is 19.1 Å². The van der Waals surface area contributed by atoms with Gasteiger partial charge in [-0.15, -0.1) is 0 Å². The summed E-state index contributed by atoms with van der Waals surface area (Å²) < 4.78 is 5.63. The Morgan fingerprint density at radius 2 is 1.39 bits per heavy atom. The van der Waals surface area contributed by atoms with Gasteiger partial charge in [-0.05, 0) is 83.5 Å². The highest BCUT2D eigenvalue weighted by atomic mass is 16.5. The number of carbonyl (C=O) groups is 3. The summed E-state index contributed by atoms with van der Waals surface area (Å²) in [5, 5.41) is 32.5. The van der Waals surface area contributed by atoms with Gasteiger partial charge in [0.1, 0.15) is 5.75 Å². The molecule has 2 aromatic heterocycles. The van der Waals surface area contributed by atoms with Gasteiger partial charge in [0.05, 0.1) is 11.1 Å². The number of nitrogens with one attached hydrogen (secondary N) is 3. The smallest absolute Gasteiger partial charge is 0.532 e. The molecule has 10 nitrogen and oxygen atoms in total. The van der Waals surface area contributed by atoms with Crippen LogP contribution in [0.15, 0.2) is 103 Å². The maximum atomic E-state index is 11.0. The van der Waals surface area contributed by atoms with Crippen LogP contribution in [-0.4, -0.2) is 50.2 Å². The third kappa shape index (κ3) is 6.64. The Kier molecular flexibility index (Phi) is 8.78. The highest BCUT2D eigenvalue weighted by Crippen LogP contribution is 2.20. The number of fused-ring (bicyclic) bond motifs is 3. The van der Waals surface area contributed by atoms with Crippen LogP contribution in [0.3, 0.4) is 0 Å². The molecule has 0 fully saturated rings. The van der Waals surface area contributed by atoms with Gasteiger partial charge in [-0.3, -0.25) is 4.79 Å². The van der Waals surface area contributed by atoms with Crippen LogP contribution in [0.4, 0.5) is 0 Å². The summed E-state index contributed by atoms with van der Waals surface area (Å²) in [5.41, 5.74) is 5.08. The number of rotatable bonds is 5. The minimum atomic E-state index is -1.11. The van der Waals surface area contributed by atoms with E-state index in [1.54, 1.807) is 0 Å². The van der Waals surface area contributed by atoms with E-state index >= 15 is 0 Å². The van der Waals surface area contributed by atoms with Crippen molar-refractivity contribution in [3.63, 3.8) is 0 Å². The van der Waals surface area contributed by atoms with Gasteiger partial charge in [0, 0.05) is 40.9 Å². The molecule has 0 unspecified atom stereocenters. The van der Waals surface area contributed by atoms with E-state index in [1.807, 2.05) is 85.2 Å². The van der Waals surface area contributed by atoms with Gasteiger partial charge in [0.2, 0.25) is 0 Å². The van der Waals surface area contributed by atoms with Crippen LogP contribution in [0, 0.1) is 6.92 Å². The summed E-state index contributed by atoms with van der Waals surface area (Å²) in [4.78, 5) is 38.4. The van der Waals surface area contributed by atoms with E-state index in [0.29, 0.717) is 12.3 Å². The molecule has 44 heavy (non-hydrogen) atoms. The standard InChI is InChI=1S/C16H13BN2O2.C9H8O4.C8H7NO/c20-17(13-1-3-15-11(9-13)5-7-18-15)21-14-2-4-16-12(10-14)6-8-19-16;1-5-6(8(10)11)3-2-4-7(5)9(12)13;10-8-7-4-2-1-3-6(7)5-9-8/h1-10,18-20H;2-4H,1H3,(H,10,11)(H,12,13);1-4H,5H2,(H,9,10). The van der Waals surface area contributed by atoms with E-state index in [-0.39, 0.29) is 22.6 Å². The van der Waals surface area contributed by atoms with Crippen molar-refractivity contribution in [2.75, 3.05) is 0 Å². The Hall–Kier alpha value is -5.81. The lowest BCUT2D eigenvalue weighted by Crippen LogP contribution is -2.36. The van der Waals surface area contributed by atoms with Crippen molar-refractivity contribution < 1.29 is 34.3 Å². The molecule has 6 N–H and O–H groups in total. The minimum absolute atomic E-state index is 0.0277. The van der Waals surface area contributed by atoms with Crippen LogP contribution in [0.1, 0.15) is 42.2 Å². The number of aromatic carboxylic acids is 2. The third-order valence-corrected chi connectivity index (χ3v) is 7.13. The lowest BCUT2D eigenvalue weighted by Gasteiger charge is -2.10. The van der Waals surface area contributed by atoms with Crippen LogP contribution in [0.25, 0.3) is 21.8 Å². The minimum Gasteiger partial charge on any atom is -0.532 e. The van der Waals surface area contributed by atoms with Crippen molar-refractivity contribution in [2.45, 2.75) is 13.5 Å². The summed E-state index contributed by atoms with van der Waals surface area (Å²) >= 11 is 0. The van der Waals surface area contributed by atoms with Crippen molar-refractivity contribution in [2.24, 2.45) is 0 Å². The van der Waals surface area contributed by atoms with Crippen LogP contribution >= 0.6 is 0 Å². The molecule has 6 aromatic rings. The normalized spacial score (nSPS) is 11.5. The number of carboxylic acid groups (broad SMARTS) is 2. The topological polar surface area (TPSA) is 165 Å². The lowest BCUT2D eigenvalue weighted by molar-refractivity contribution is 0.0695. The number of amides is 1. The number of carbonyl (C=O) groups excluding carboxylic acids is 1. The highest BCUT2D eigenvalue weighted by Gasteiger charge is 2.20. The molecule has 1 amide bonds. The van der Waals surface area contributed by atoms with E-state index in [0.717, 1.165) is 38.4 Å². The third-order valence-electron chi connectivity index (χ3n) is 7.13. The van der Waals surface area contributed by atoms with Gasteiger partial charge in [-0.25, -0.2) is 9.59 Å². The molecule has 0 aliphatic carbocycles.